The topological polar surface area (TPSA) is 116 Å². The zero-order chi connectivity index (χ0) is 11.9. The number of rotatable bonds is 1. The van der Waals surface area contributed by atoms with Crippen LogP contribution in [-0.2, 0) is 0 Å². The van der Waals surface area contributed by atoms with E-state index in [1.54, 1.807) is 0 Å². The largest absolute Gasteiger partial charge is 0.571 e. The number of nitrogens with one attached hydrogen (secondary N) is 1. The first-order chi connectivity index (χ1) is 7.50. The average Bonchev–Trinajstić information content (AvgIpc) is 2.15. The highest BCUT2D eigenvalue weighted by atomic mass is 35.5. The molecule has 0 bridgehead atoms. The molecule has 0 unspecified atom stereocenters. The number of fused-ring (bicyclic) bond motifs is 1. The number of nitrogens with zero attached hydrogens (tertiary/aromatic N) is 3. The summed E-state index contributed by atoms with van der Waals surface area (Å²) in [5.41, 5.74) is -1.66. The van der Waals surface area contributed by atoms with Gasteiger partial charge in [0.1, 0.15) is 5.02 Å². The molecule has 0 saturated carbocycles. The predicted molar refractivity (Wildman–Crippen MR) is 53.0 cm³/mol. The molecule has 8 nitrogen and oxygen atoms in total. The molecule has 0 aliphatic carbocycles. The predicted octanol–water partition coefficient (Wildman–Crippen LogP) is 0.118. The van der Waals surface area contributed by atoms with E-state index in [-0.39, 0.29) is 20.9 Å². The van der Waals surface area contributed by atoms with Gasteiger partial charge in [0, 0.05) is 10.1 Å². The lowest BCUT2D eigenvalue weighted by atomic mass is 10.2. The maximum Gasteiger partial charge on any atom is 0.320 e. The molecule has 1 N–H and O–H groups in total. The van der Waals surface area contributed by atoms with Crippen LogP contribution in [0.2, 0.25) is 5.02 Å². The van der Waals surface area contributed by atoms with Gasteiger partial charge < -0.3 is 5.21 Å². The molecule has 82 valence electrons. The Morgan fingerprint density at radius 2 is 2.19 bits per heavy atom. The molecule has 1 heterocycles. The Kier molecular flexibility index (Phi) is 2.20. The second-order valence-electron chi connectivity index (χ2n) is 2.86. The number of nitro groups is 1. The number of aromatic amines is 1. The average molecular weight is 243 g/mol. The molecule has 0 fully saturated rings. The van der Waals surface area contributed by atoms with Crippen molar-refractivity contribution in [2.75, 3.05) is 0 Å². The molecular formula is C7H3ClN4O4. The van der Waals surface area contributed by atoms with Crippen molar-refractivity contribution in [1.82, 2.24) is 10.2 Å². The van der Waals surface area contributed by atoms with Crippen molar-refractivity contribution in [3.05, 3.63) is 42.8 Å². The number of aromatic nitrogens is 3. The summed E-state index contributed by atoms with van der Waals surface area (Å²) in [4.78, 5) is 21.1. The summed E-state index contributed by atoms with van der Waals surface area (Å²) in [5.74, 6) is 0. The Bertz CT molecular complexity index is 653. The van der Waals surface area contributed by atoms with Crippen LogP contribution in [0, 0.1) is 15.3 Å². The quantitative estimate of drug-likeness (QED) is 0.330. The van der Waals surface area contributed by atoms with Crippen LogP contribution in [0.3, 0.4) is 0 Å². The lowest BCUT2D eigenvalue weighted by molar-refractivity contribution is -0.727. The van der Waals surface area contributed by atoms with Gasteiger partial charge in [0.15, 0.2) is 0 Å². The molecule has 0 aliphatic heterocycles. The maximum absolute atomic E-state index is 11.3. The number of nitro benzene ring substituents is 1. The van der Waals surface area contributed by atoms with Gasteiger partial charge in [-0.25, -0.2) is 0 Å². The van der Waals surface area contributed by atoms with E-state index in [9.17, 15) is 20.1 Å². The fourth-order valence-electron chi connectivity index (χ4n) is 1.28. The van der Waals surface area contributed by atoms with Gasteiger partial charge in [-0.15, -0.1) is 0 Å². The Morgan fingerprint density at radius 3 is 2.81 bits per heavy atom. The molecule has 0 spiro atoms. The van der Waals surface area contributed by atoms with E-state index >= 15 is 0 Å². The van der Waals surface area contributed by atoms with Crippen LogP contribution in [0.25, 0.3) is 10.9 Å². The Labute approximate surface area is 91.8 Å². The van der Waals surface area contributed by atoms with Crippen LogP contribution in [0.5, 0.6) is 0 Å². The molecule has 0 atom stereocenters. The molecule has 0 aliphatic rings. The monoisotopic (exact) mass is 242 g/mol. The van der Waals surface area contributed by atoms with E-state index in [1.807, 2.05) is 5.10 Å². The number of hydrogen-bond donors (Lipinski definition) is 1. The summed E-state index contributed by atoms with van der Waals surface area (Å²) in [6.45, 7) is 0. The SMILES string of the molecule is O=c1[nH][n+]([O-])nc2c([N+](=O)[O-])c(Cl)ccc12. The molecule has 16 heavy (non-hydrogen) atoms. The summed E-state index contributed by atoms with van der Waals surface area (Å²) in [5, 5.41) is 26.5. The van der Waals surface area contributed by atoms with Gasteiger partial charge in [-0.2, -0.15) is 0 Å². The third-order valence-corrected chi connectivity index (χ3v) is 2.22. The zero-order valence-corrected chi connectivity index (χ0v) is 8.26. The van der Waals surface area contributed by atoms with Crippen molar-refractivity contribution < 1.29 is 9.88 Å². The van der Waals surface area contributed by atoms with Gasteiger partial charge in [-0.1, -0.05) is 16.7 Å². The van der Waals surface area contributed by atoms with Crippen LogP contribution in [0.4, 0.5) is 5.69 Å². The van der Waals surface area contributed by atoms with E-state index in [2.05, 4.69) is 5.10 Å². The highest BCUT2D eigenvalue weighted by Gasteiger charge is 2.22. The number of halogens is 1. The van der Waals surface area contributed by atoms with E-state index in [4.69, 9.17) is 11.6 Å². The molecule has 0 radical (unpaired) electrons. The van der Waals surface area contributed by atoms with Crippen molar-refractivity contribution in [3.8, 4) is 0 Å². The lowest BCUT2D eigenvalue weighted by Crippen LogP contribution is -2.41. The lowest BCUT2D eigenvalue weighted by Gasteiger charge is -1.98. The van der Waals surface area contributed by atoms with E-state index in [1.165, 1.54) is 12.1 Å². The van der Waals surface area contributed by atoms with Gasteiger partial charge in [0.2, 0.25) is 5.52 Å². The highest BCUT2D eigenvalue weighted by Crippen LogP contribution is 2.29. The molecule has 2 aromatic rings. The van der Waals surface area contributed by atoms with E-state index < -0.39 is 16.2 Å². The van der Waals surface area contributed by atoms with E-state index in [0.717, 1.165) is 0 Å². The minimum absolute atomic E-state index is 0.0665. The number of hydrogen-bond acceptors (Lipinski definition) is 5. The second kappa shape index (κ2) is 3.42. The molecule has 1 aromatic heterocycles. The normalized spacial score (nSPS) is 10.6. The van der Waals surface area contributed by atoms with Crippen molar-refractivity contribution in [3.63, 3.8) is 0 Å². The van der Waals surface area contributed by atoms with Crippen LogP contribution < -0.4 is 10.5 Å². The van der Waals surface area contributed by atoms with Crippen LogP contribution >= 0.6 is 11.6 Å². The minimum atomic E-state index is -0.795. The third-order valence-electron chi connectivity index (χ3n) is 1.92. The second-order valence-corrected chi connectivity index (χ2v) is 3.27. The fourth-order valence-corrected chi connectivity index (χ4v) is 1.50. The standard InChI is InChI=1S/C7H3ClN4O4/c8-4-2-1-3-5(6(4)11(14)15)9-12(16)10-7(3)13/h1-2H,(H,9,10,13). The highest BCUT2D eigenvalue weighted by molar-refractivity contribution is 6.33. The Hall–Kier alpha value is -2.22. The molecule has 0 saturated heterocycles. The van der Waals surface area contributed by atoms with Gasteiger partial charge in [-0.3, -0.25) is 14.9 Å². The summed E-state index contributed by atoms with van der Waals surface area (Å²) >= 11 is 5.60. The first-order valence-electron chi connectivity index (χ1n) is 3.97. The van der Waals surface area contributed by atoms with Gasteiger partial charge in [0.25, 0.3) is 0 Å². The molecule has 1 aromatic carbocycles. The Morgan fingerprint density at radius 1 is 1.50 bits per heavy atom. The van der Waals surface area contributed by atoms with Crippen LogP contribution in [0.1, 0.15) is 0 Å². The van der Waals surface area contributed by atoms with E-state index in [0.29, 0.717) is 0 Å². The van der Waals surface area contributed by atoms with Gasteiger partial charge >= 0.3 is 11.2 Å². The Balaban J connectivity index is 3.03. The summed E-state index contributed by atoms with van der Waals surface area (Å²) < 4.78 is 0. The molecule has 0 amide bonds. The molecular weight excluding hydrogens is 240 g/mol. The van der Waals surface area contributed by atoms with Gasteiger partial charge in [-0.05, 0) is 12.1 Å². The van der Waals surface area contributed by atoms with Crippen molar-refractivity contribution in [2.45, 2.75) is 0 Å². The van der Waals surface area contributed by atoms with Crippen molar-refractivity contribution in [2.24, 2.45) is 0 Å². The van der Waals surface area contributed by atoms with Crippen LogP contribution in [0.15, 0.2) is 16.9 Å². The van der Waals surface area contributed by atoms with Crippen molar-refractivity contribution in [1.29, 1.82) is 0 Å². The van der Waals surface area contributed by atoms with Gasteiger partial charge in [0.05, 0.1) is 10.3 Å². The first kappa shape index (κ1) is 10.3. The fraction of sp³-hybridized carbons (Fsp3) is 0. The zero-order valence-electron chi connectivity index (χ0n) is 7.51. The smallest absolute Gasteiger partial charge is 0.320 e. The van der Waals surface area contributed by atoms with Crippen LogP contribution in [-0.4, -0.2) is 15.1 Å². The maximum atomic E-state index is 11.3. The summed E-state index contributed by atoms with van der Waals surface area (Å²) in [6, 6.07) is 2.46. The third kappa shape index (κ3) is 1.44. The number of benzene rings is 1. The molecule has 9 heteroatoms. The first-order valence-corrected chi connectivity index (χ1v) is 4.35. The van der Waals surface area contributed by atoms with Crippen molar-refractivity contribution >= 4 is 28.2 Å². The number of H-pyrrole nitrogens is 1. The summed E-state index contributed by atoms with van der Waals surface area (Å²) in [7, 11) is 0. The minimum Gasteiger partial charge on any atom is -0.571 e. The summed E-state index contributed by atoms with van der Waals surface area (Å²) in [6.07, 6.45) is 0. The molecule has 2 rings (SSSR count).